The topological polar surface area (TPSA) is 18.5 Å². The van der Waals surface area contributed by atoms with Crippen molar-refractivity contribution >= 4 is 38.5 Å². The molecule has 0 bridgehead atoms. The zero-order valence-corrected chi connectivity index (χ0v) is 15.8. The molecule has 0 spiro atoms. The van der Waals surface area contributed by atoms with Crippen molar-refractivity contribution in [2.75, 3.05) is 0 Å². The van der Waals surface area contributed by atoms with Gasteiger partial charge in [-0.15, -0.1) is 0 Å². The van der Waals surface area contributed by atoms with Crippen LogP contribution in [0, 0.1) is 0 Å². The van der Waals surface area contributed by atoms with Crippen molar-refractivity contribution in [2.24, 2.45) is 0 Å². The average Bonchev–Trinajstić information content (AvgIpc) is 2.46. The zero-order chi connectivity index (χ0) is 13.7. The highest BCUT2D eigenvalue weighted by Crippen LogP contribution is 2.10. The molecule has 0 aliphatic heterocycles. The minimum atomic E-state index is -2.46. The van der Waals surface area contributed by atoms with Crippen molar-refractivity contribution in [3.63, 3.8) is 0 Å². The molecule has 2 aromatic carbocycles. The first-order valence-corrected chi connectivity index (χ1v) is 11.9. The lowest BCUT2D eigenvalue weighted by Gasteiger charge is -2.32. The van der Waals surface area contributed by atoms with Crippen molar-refractivity contribution < 1.29 is 8.23 Å². The molecule has 0 aliphatic carbocycles. The van der Waals surface area contributed by atoms with Gasteiger partial charge >= 0.3 is 8.56 Å². The van der Waals surface area contributed by atoms with Crippen LogP contribution in [0.4, 0.5) is 0 Å². The molecule has 0 saturated carbocycles. The highest BCUT2D eigenvalue weighted by molar-refractivity contribution is 6.97. The highest BCUT2D eigenvalue weighted by Gasteiger charge is 2.41. The van der Waals surface area contributed by atoms with Crippen LogP contribution in [0.3, 0.4) is 0 Å². The summed E-state index contributed by atoms with van der Waals surface area (Å²) in [5.41, 5.74) is 0. The van der Waals surface area contributed by atoms with Crippen LogP contribution in [0.5, 0.6) is 0 Å². The standard InChI is InChI=1S/C14H20O2Si3/c1-18(2)16-19(15-17,13-9-5-3-6-10-13)14-11-7-4-8-12-14/h3-12,18H,1-2,17H3. The monoisotopic (exact) mass is 304 g/mol. The van der Waals surface area contributed by atoms with E-state index in [-0.39, 0.29) is 0 Å². The molecule has 2 rings (SSSR count). The Labute approximate surface area is 120 Å². The summed E-state index contributed by atoms with van der Waals surface area (Å²) in [4.78, 5) is 0. The van der Waals surface area contributed by atoms with Crippen LogP contribution in [0.2, 0.25) is 13.1 Å². The summed E-state index contributed by atoms with van der Waals surface area (Å²) in [6, 6.07) is 20.8. The van der Waals surface area contributed by atoms with E-state index in [1.807, 2.05) is 12.1 Å². The average molecular weight is 305 g/mol. The molecule has 0 atom stereocenters. The van der Waals surface area contributed by atoms with E-state index in [4.69, 9.17) is 8.23 Å². The van der Waals surface area contributed by atoms with E-state index >= 15 is 0 Å². The van der Waals surface area contributed by atoms with Gasteiger partial charge in [0.1, 0.15) is 10.5 Å². The quantitative estimate of drug-likeness (QED) is 0.751. The van der Waals surface area contributed by atoms with Crippen molar-refractivity contribution in [2.45, 2.75) is 13.1 Å². The molecule has 0 N–H and O–H groups in total. The van der Waals surface area contributed by atoms with Crippen molar-refractivity contribution in [3.8, 4) is 0 Å². The van der Waals surface area contributed by atoms with Crippen LogP contribution in [0.15, 0.2) is 60.7 Å². The van der Waals surface area contributed by atoms with Gasteiger partial charge in [-0.2, -0.15) is 0 Å². The van der Waals surface area contributed by atoms with Crippen LogP contribution in [-0.4, -0.2) is 28.1 Å². The summed E-state index contributed by atoms with van der Waals surface area (Å²) in [5, 5.41) is 2.41. The minimum Gasteiger partial charge on any atom is -0.439 e. The Bertz CT molecular complexity index is 463. The molecule has 0 amide bonds. The lowest BCUT2D eigenvalue weighted by atomic mass is 10.4. The van der Waals surface area contributed by atoms with Gasteiger partial charge in [0, 0.05) is 0 Å². The zero-order valence-electron chi connectivity index (χ0n) is 11.7. The van der Waals surface area contributed by atoms with Crippen LogP contribution in [0.25, 0.3) is 0 Å². The third-order valence-electron chi connectivity index (χ3n) is 3.00. The molecule has 0 aromatic heterocycles. The van der Waals surface area contributed by atoms with Crippen LogP contribution in [-0.2, 0) is 8.23 Å². The summed E-state index contributed by atoms with van der Waals surface area (Å²) in [6.07, 6.45) is 0. The Hall–Kier alpha value is -0.989. The molecule has 0 saturated heterocycles. The highest BCUT2D eigenvalue weighted by atomic mass is 28.4. The largest absolute Gasteiger partial charge is 0.439 e. The van der Waals surface area contributed by atoms with E-state index in [9.17, 15) is 0 Å². The minimum absolute atomic E-state index is 0.680. The van der Waals surface area contributed by atoms with E-state index in [1.165, 1.54) is 10.4 Å². The smallest absolute Gasteiger partial charge is 0.385 e. The number of hydrogen-bond acceptors (Lipinski definition) is 2. The molecule has 100 valence electrons. The predicted molar refractivity (Wildman–Crippen MR) is 88.9 cm³/mol. The van der Waals surface area contributed by atoms with Crippen molar-refractivity contribution in [3.05, 3.63) is 60.7 Å². The maximum absolute atomic E-state index is 6.45. The second-order valence-corrected chi connectivity index (χ2v) is 11.8. The van der Waals surface area contributed by atoms with E-state index < -0.39 is 17.6 Å². The van der Waals surface area contributed by atoms with E-state index in [0.29, 0.717) is 10.5 Å². The molecule has 0 aliphatic rings. The predicted octanol–water partition coefficient (Wildman–Crippen LogP) is 0.540. The van der Waals surface area contributed by atoms with Gasteiger partial charge in [0.05, 0.1) is 0 Å². The van der Waals surface area contributed by atoms with E-state index in [2.05, 4.69) is 61.6 Å². The molecular weight excluding hydrogens is 284 g/mol. The summed E-state index contributed by atoms with van der Waals surface area (Å²) in [5.74, 6) is 0. The fourth-order valence-electron chi connectivity index (χ4n) is 2.23. The molecule has 5 heteroatoms. The van der Waals surface area contributed by atoms with E-state index in [0.717, 1.165) is 0 Å². The maximum Gasteiger partial charge on any atom is 0.385 e. The van der Waals surface area contributed by atoms with Gasteiger partial charge in [0.15, 0.2) is 9.04 Å². The Balaban J connectivity index is 2.55. The summed E-state index contributed by atoms with van der Waals surface area (Å²) < 4.78 is 12.6. The normalized spacial score (nSPS) is 11.9. The molecular formula is C14H20O2Si3. The maximum atomic E-state index is 6.45. The van der Waals surface area contributed by atoms with Gasteiger partial charge in [0.25, 0.3) is 0 Å². The van der Waals surface area contributed by atoms with Gasteiger partial charge in [-0.3, -0.25) is 0 Å². The number of benzene rings is 2. The molecule has 0 heterocycles. The summed E-state index contributed by atoms with van der Waals surface area (Å²) in [7, 11) is -2.97. The fourth-order valence-corrected chi connectivity index (χ4v) is 10.7. The Kier molecular flexibility index (Phi) is 4.89. The number of rotatable bonds is 5. The lowest BCUT2D eigenvalue weighted by molar-refractivity contribution is 0.449. The Morgan fingerprint density at radius 1 is 0.842 bits per heavy atom. The molecule has 0 fully saturated rings. The Morgan fingerprint density at radius 3 is 1.58 bits per heavy atom. The van der Waals surface area contributed by atoms with Crippen LogP contribution >= 0.6 is 0 Å². The molecule has 0 unspecified atom stereocenters. The van der Waals surface area contributed by atoms with Gasteiger partial charge in [-0.25, -0.2) is 0 Å². The van der Waals surface area contributed by atoms with Gasteiger partial charge in [-0.1, -0.05) is 60.7 Å². The van der Waals surface area contributed by atoms with Crippen LogP contribution < -0.4 is 10.4 Å². The third-order valence-corrected chi connectivity index (χ3v) is 10.7. The third kappa shape index (κ3) is 3.13. The van der Waals surface area contributed by atoms with Gasteiger partial charge in [0.2, 0.25) is 0 Å². The number of hydrogen-bond donors (Lipinski definition) is 0. The summed E-state index contributed by atoms with van der Waals surface area (Å²) in [6.45, 7) is 4.41. The van der Waals surface area contributed by atoms with E-state index in [1.54, 1.807) is 0 Å². The summed E-state index contributed by atoms with van der Waals surface area (Å²) >= 11 is 0. The molecule has 19 heavy (non-hydrogen) atoms. The molecule has 0 radical (unpaired) electrons. The van der Waals surface area contributed by atoms with Gasteiger partial charge in [-0.05, 0) is 23.5 Å². The first kappa shape index (κ1) is 14.4. The first-order chi connectivity index (χ1) is 9.19. The van der Waals surface area contributed by atoms with Crippen molar-refractivity contribution in [1.29, 1.82) is 0 Å². The van der Waals surface area contributed by atoms with Crippen LogP contribution in [0.1, 0.15) is 0 Å². The Morgan fingerprint density at radius 2 is 1.26 bits per heavy atom. The second-order valence-electron chi connectivity index (χ2n) is 4.72. The van der Waals surface area contributed by atoms with Crippen molar-refractivity contribution in [1.82, 2.24) is 0 Å². The first-order valence-electron chi connectivity index (χ1n) is 6.53. The fraction of sp³-hybridized carbons (Fsp3) is 0.143. The second kappa shape index (κ2) is 6.45. The lowest BCUT2D eigenvalue weighted by Crippen LogP contribution is -2.64. The SMILES string of the molecule is C[SiH](C)O[Si](O[SiH3])(c1ccccc1)c1ccccc1. The molecule has 2 aromatic rings. The van der Waals surface area contributed by atoms with Gasteiger partial charge < -0.3 is 8.23 Å². The molecule has 2 nitrogen and oxygen atoms in total.